The topological polar surface area (TPSA) is 73.0 Å². The van der Waals surface area contributed by atoms with Crippen LogP contribution in [0.15, 0.2) is 66.7 Å². The first-order valence-corrected chi connectivity index (χ1v) is 12.1. The zero-order valence-corrected chi connectivity index (χ0v) is 20.3. The molecule has 4 amide bonds. The van der Waals surface area contributed by atoms with Gasteiger partial charge in [-0.25, -0.2) is 4.79 Å². The van der Waals surface area contributed by atoms with Gasteiger partial charge in [0.1, 0.15) is 12.1 Å². The predicted octanol–water partition coefficient (Wildman–Crippen LogP) is 3.60. The molecule has 0 aliphatic carbocycles. The molecule has 5 rings (SSSR count). The molecule has 2 heterocycles. The van der Waals surface area contributed by atoms with Gasteiger partial charge in [-0.1, -0.05) is 60.1 Å². The average Bonchev–Trinajstić information content (AvgIpc) is 3.09. The fourth-order valence-corrected chi connectivity index (χ4v) is 4.90. The summed E-state index contributed by atoms with van der Waals surface area (Å²) in [7, 11) is 0. The van der Waals surface area contributed by atoms with Gasteiger partial charge in [-0.05, 0) is 47.0 Å². The van der Waals surface area contributed by atoms with Gasteiger partial charge in [0.15, 0.2) is 0 Å². The van der Waals surface area contributed by atoms with E-state index in [1.165, 1.54) is 5.56 Å². The van der Waals surface area contributed by atoms with E-state index >= 15 is 0 Å². The Bertz CT molecular complexity index is 1290. The summed E-state index contributed by atoms with van der Waals surface area (Å²) < 4.78 is 0. The maximum absolute atomic E-state index is 13.3. The number of nitrogens with one attached hydrogen (secondary N) is 1. The van der Waals surface area contributed by atoms with Gasteiger partial charge in [0.2, 0.25) is 5.91 Å². The number of carbonyl (C=O) groups is 3. The molecule has 0 spiro atoms. The van der Waals surface area contributed by atoms with Gasteiger partial charge >= 0.3 is 6.03 Å². The van der Waals surface area contributed by atoms with Crippen molar-refractivity contribution in [1.82, 2.24) is 20.0 Å². The van der Waals surface area contributed by atoms with Crippen LogP contribution in [0.4, 0.5) is 4.79 Å². The van der Waals surface area contributed by atoms with Crippen molar-refractivity contribution >= 4 is 40.2 Å². The lowest BCUT2D eigenvalue weighted by Crippen LogP contribution is -2.51. The minimum atomic E-state index is -1.21. The fraction of sp³-hybridized carbons (Fsp3) is 0.296. The number of hydrogen-bond donors (Lipinski definition) is 1. The Morgan fingerprint density at radius 1 is 0.943 bits per heavy atom. The van der Waals surface area contributed by atoms with Crippen molar-refractivity contribution in [2.24, 2.45) is 0 Å². The molecule has 3 aromatic carbocycles. The highest BCUT2D eigenvalue weighted by molar-refractivity contribution is 6.30. The first-order chi connectivity index (χ1) is 16.8. The Balaban J connectivity index is 1.21. The second-order valence-electron chi connectivity index (χ2n) is 9.29. The number of nitrogens with zero attached hydrogens (tertiary/aromatic N) is 3. The van der Waals surface area contributed by atoms with Crippen LogP contribution < -0.4 is 5.32 Å². The molecule has 2 fully saturated rings. The quantitative estimate of drug-likeness (QED) is 0.555. The SMILES string of the molecule is C[C@]1(c2ccc3ccccc3c2)NC(=O)N(CC(=O)N2CCN(Cc3ccc(Cl)cc3)CC2)C1=O. The van der Waals surface area contributed by atoms with Crippen LogP contribution in [-0.2, 0) is 21.7 Å². The maximum atomic E-state index is 13.3. The second-order valence-corrected chi connectivity index (χ2v) is 9.73. The highest BCUT2D eigenvalue weighted by Crippen LogP contribution is 2.31. The maximum Gasteiger partial charge on any atom is 0.325 e. The normalized spacial score (nSPS) is 21.0. The van der Waals surface area contributed by atoms with Gasteiger partial charge in [0, 0.05) is 37.7 Å². The Kier molecular flexibility index (Phi) is 6.21. The second kappa shape index (κ2) is 9.32. The summed E-state index contributed by atoms with van der Waals surface area (Å²) in [4.78, 5) is 44.1. The van der Waals surface area contributed by atoms with Crippen LogP contribution in [0.5, 0.6) is 0 Å². The van der Waals surface area contributed by atoms with Crippen LogP contribution in [0, 0.1) is 0 Å². The molecule has 0 aromatic heterocycles. The summed E-state index contributed by atoms with van der Waals surface area (Å²) in [5.41, 5.74) is 0.653. The van der Waals surface area contributed by atoms with E-state index in [2.05, 4.69) is 10.2 Å². The van der Waals surface area contributed by atoms with Crippen molar-refractivity contribution in [2.45, 2.75) is 19.0 Å². The number of amides is 4. The molecule has 2 aliphatic heterocycles. The van der Waals surface area contributed by atoms with Crippen LogP contribution >= 0.6 is 11.6 Å². The summed E-state index contributed by atoms with van der Waals surface area (Å²) in [6, 6.07) is 20.8. The van der Waals surface area contributed by atoms with E-state index in [9.17, 15) is 14.4 Å². The molecule has 1 atom stereocenters. The third-order valence-corrected chi connectivity index (χ3v) is 7.19. The van der Waals surface area contributed by atoms with E-state index < -0.39 is 17.5 Å². The largest absolute Gasteiger partial charge is 0.339 e. The number of piperazine rings is 1. The first kappa shape index (κ1) is 23.3. The van der Waals surface area contributed by atoms with Crippen molar-refractivity contribution in [3.63, 3.8) is 0 Å². The van der Waals surface area contributed by atoms with Crippen LogP contribution in [-0.4, -0.2) is 65.3 Å². The molecule has 2 aliphatic rings. The number of fused-ring (bicyclic) bond motifs is 1. The summed E-state index contributed by atoms with van der Waals surface area (Å²) in [5, 5.41) is 5.56. The third-order valence-electron chi connectivity index (χ3n) is 6.94. The first-order valence-electron chi connectivity index (χ1n) is 11.7. The number of carbonyl (C=O) groups excluding carboxylic acids is 3. The molecule has 0 saturated carbocycles. The van der Waals surface area contributed by atoms with E-state index in [4.69, 9.17) is 11.6 Å². The highest BCUT2D eigenvalue weighted by Gasteiger charge is 2.49. The van der Waals surface area contributed by atoms with E-state index in [1.807, 2.05) is 66.7 Å². The number of urea groups is 1. The molecule has 35 heavy (non-hydrogen) atoms. The van der Waals surface area contributed by atoms with Gasteiger partial charge in [0.05, 0.1) is 0 Å². The van der Waals surface area contributed by atoms with Crippen molar-refractivity contribution in [2.75, 3.05) is 32.7 Å². The van der Waals surface area contributed by atoms with Crippen LogP contribution in [0.1, 0.15) is 18.1 Å². The summed E-state index contributed by atoms with van der Waals surface area (Å²) in [6.07, 6.45) is 0. The number of rotatable bonds is 5. The number of hydrogen-bond acceptors (Lipinski definition) is 4. The molecule has 2 saturated heterocycles. The predicted molar refractivity (Wildman–Crippen MR) is 135 cm³/mol. The zero-order valence-electron chi connectivity index (χ0n) is 19.5. The molecule has 8 heteroatoms. The smallest absolute Gasteiger partial charge is 0.325 e. The monoisotopic (exact) mass is 490 g/mol. The van der Waals surface area contributed by atoms with Gasteiger partial charge in [-0.3, -0.25) is 19.4 Å². The highest BCUT2D eigenvalue weighted by atomic mass is 35.5. The van der Waals surface area contributed by atoms with Crippen molar-refractivity contribution < 1.29 is 14.4 Å². The fourth-order valence-electron chi connectivity index (χ4n) is 4.78. The number of benzene rings is 3. The van der Waals surface area contributed by atoms with Gasteiger partial charge in [-0.15, -0.1) is 0 Å². The van der Waals surface area contributed by atoms with Gasteiger partial charge in [-0.2, -0.15) is 0 Å². The minimum absolute atomic E-state index is 0.220. The molecule has 0 unspecified atom stereocenters. The third kappa shape index (κ3) is 4.61. The van der Waals surface area contributed by atoms with Gasteiger partial charge < -0.3 is 10.2 Å². The van der Waals surface area contributed by atoms with Crippen molar-refractivity contribution in [3.8, 4) is 0 Å². The minimum Gasteiger partial charge on any atom is -0.339 e. The molecule has 180 valence electrons. The molecular weight excluding hydrogens is 464 g/mol. The molecule has 0 radical (unpaired) electrons. The summed E-state index contributed by atoms with van der Waals surface area (Å²) in [5.74, 6) is -0.630. The number of halogens is 1. The van der Waals surface area contributed by atoms with E-state index in [0.717, 1.165) is 35.3 Å². The Morgan fingerprint density at radius 2 is 1.63 bits per heavy atom. The zero-order chi connectivity index (χ0) is 24.6. The lowest BCUT2D eigenvalue weighted by molar-refractivity contribution is -0.139. The summed E-state index contributed by atoms with van der Waals surface area (Å²) >= 11 is 5.96. The van der Waals surface area contributed by atoms with Crippen molar-refractivity contribution in [3.05, 3.63) is 82.9 Å². The molecule has 7 nitrogen and oxygen atoms in total. The molecule has 3 aromatic rings. The Morgan fingerprint density at radius 3 is 2.34 bits per heavy atom. The lowest BCUT2D eigenvalue weighted by atomic mass is 9.90. The van der Waals surface area contributed by atoms with Crippen molar-refractivity contribution in [1.29, 1.82) is 0 Å². The summed E-state index contributed by atoms with van der Waals surface area (Å²) in [6.45, 7) is 4.78. The molecule has 0 bridgehead atoms. The van der Waals surface area contributed by atoms with Gasteiger partial charge in [0.25, 0.3) is 5.91 Å². The van der Waals surface area contributed by atoms with Crippen LogP contribution in [0.3, 0.4) is 0 Å². The number of imide groups is 1. The Hall–Kier alpha value is -3.42. The molecular formula is C27H27ClN4O3. The lowest BCUT2D eigenvalue weighted by Gasteiger charge is -2.35. The average molecular weight is 491 g/mol. The van der Waals surface area contributed by atoms with Crippen LogP contribution in [0.25, 0.3) is 10.8 Å². The van der Waals surface area contributed by atoms with E-state index in [-0.39, 0.29) is 12.5 Å². The Labute approximate surface area is 209 Å². The molecule has 1 N–H and O–H groups in total. The van der Waals surface area contributed by atoms with E-state index in [0.29, 0.717) is 23.7 Å². The standard InChI is InChI=1S/C27H27ClN4O3/c1-27(22-9-8-20-4-2-3-5-21(20)16-22)25(34)32(26(35)29-27)18-24(33)31-14-12-30(13-15-31)17-19-6-10-23(28)11-7-19/h2-11,16H,12-15,17-18H2,1H3,(H,29,35)/t27-/m1/s1. The van der Waals surface area contributed by atoms with E-state index in [1.54, 1.807) is 11.8 Å². The van der Waals surface area contributed by atoms with Crippen LogP contribution in [0.2, 0.25) is 5.02 Å².